The van der Waals surface area contributed by atoms with Crippen LogP contribution in [-0.4, -0.2) is 44.4 Å². The highest BCUT2D eigenvalue weighted by Gasteiger charge is 2.16. The van der Waals surface area contributed by atoms with Crippen molar-refractivity contribution in [1.82, 2.24) is 4.90 Å². The second-order valence-electron chi connectivity index (χ2n) is 3.03. The number of ether oxygens (including phenoxy) is 1. The third-order valence-electron chi connectivity index (χ3n) is 2.15. The van der Waals surface area contributed by atoms with Crippen LogP contribution in [0.15, 0.2) is 0 Å². The fourth-order valence-electron chi connectivity index (χ4n) is 1.35. The van der Waals surface area contributed by atoms with Crippen LogP contribution in [0.25, 0.3) is 0 Å². The first kappa shape index (κ1) is 8.97. The number of rotatable bonds is 3. The molecule has 1 aliphatic heterocycles. The number of hydrogen-bond donors (Lipinski definition) is 0. The fraction of sp³-hybridized carbons (Fsp3) is 1.00. The summed E-state index contributed by atoms with van der Waals surface area (Å²) in [5, 5.41) is 10.9. The topological polar surface area (TPSA) is 32.4 Å². The van der Waals surface area contributed by atoms with E-state index < -0.39 is 0 Å². The van der Waals surface area contributed by atoms with E-state index in [2.05, 4.69) is 4.90 Å². The highest BCUT2D eigenvalue weighted by molar-refractivity contribution is 4.70. The van der Waals surface area contributed by atoms with Crippen molar-refractivity contribution in [1.29, 1.82) is 0 Å². The van der Waals surface area contributed by atoms with Gasteiger partial charge >= 0.3 is 0 Å². The maximum atomic E-state index is 10.9. The third kappa shape index (κ3) is 3.18. The highest BCUT2D eigenvalue weighted by atomic mass is 16.5. The minimum atomic E-state index is -0.311. The molecule has 0 aliphatic carbocycles. The predicted octanol–water partition coefficient (Wildman–Crippen LogP) is 0.528. The Bertz CT molecular complexity index is 97.5. The van der Waals surface area contributed by atoms with E-state index in [1.54, 1.807) is 7.11 Å². The van der Waals surface area contributed by atoms with Gasteiger partial charge in [-0.05, 0) is 12.8 Å². The van der Waals surface area contributed by atoms with Gasteiger partial charge in [-0.2, -0.15) is 0 Å². The summed E-state index contributed by atoms with van der Waals surface area (Å²) in [6, 6.07) is 0. The molecule has 1 radical (unpaired) electrons. The molecule has 65 valence electrons. The first-order valence-electron chi connectivity index (χ1n) is 4.20. The molecule has 1 heterocycles. The molecule has 3 nitrogen and oxygen atoms in total. The normalized spacial score (nSPS) is 22.4. The molecule has 11 heavy (non-hydrogen) atoms. The van der Waals surface area contributed by atoms with E-state index in [0.29, 0.717) is 0 Å². The van der Waals surface area contributed by atoms with E-state index in [-0.39, 0.29) is 6.10 Å². The lowest BCUT2D eigenvalue weighted by Gasteiger charge is -2.27. The number of nitrogens with zero attached hydrogens (tertiary/aromatic N) is 1. The van der Waals surface area contributed by atoms with Crippen molar-refractivity contribution in [3.63, 3.8) is 0 Å². The average molecular weight is 158 g/mol. The van der Waals surface area contributed by atoms with Gasteiger partial charge in [-0.25, -0.2) is 5.11 Å². The van der Waals surface area contributed by atoms with Gasteiger partial charge in [0.05, 0.1) is 12.7 Å². The van der Waals surface area contributed by atoms with Crippen molar-refractivity contribution < 1.29 is 9.84 Å². The van der Waals surface area contributed by atoms with Crippen molar-refractivity contribution in [2.45, 2.75) is 18.9 Å². The first-order chi connectivity index (χ1) is 5.33. The first-order valence-corrected chi connectivity index (χ1v) is 4.20. The van der Waals surface area contributed by atoms with E-state index in [1.165, 1.54) is 0 Å². The lowest BCUT2D eigenvalue weighted by Crippen LogP contribution is -2.37. The number of methoxy groups -OCH3 is 1. The molecule has 0 aromatic rings. The van der Waals surface area contributed by atoms with Gasteiger partial charge in [0, 0.05) is 26.7 Å². The Morgan fingerprint density at radius 1 is 1.45 bits per heavy atom. The maximum absolute atomic E-state index is 10.9. The summed E-state index contributed by atoms with van der Waals surface area (Å²) in [5.41, 5.74) is 0. The van der Waals surface area contributed by atoms with E-state index in [9.17, 15) is 5.11 Å². The highest BCUT2D eigenvalue weighted by Crippen LogP contribution is 2.09. The number of likely N-dealkylation sites (tertiary alicyclic amines) is 1. The average Bonchev–Trinajstić information content (AvgIpc) is 2.04. The van der Waals surface area contributed by atoms with Gasteiger partial charge in [0.15, 0.2) is 0 Å². The molecule has 0 saturated carbocycles. The summed E-state index contributed by atoms with van der Waals surface area (Å²) in [6.07, 6.45) is 1.31. The molecule has 0 bridgehead atoms. The van der Waals surface area contributed by atoms with Gasteiger partial charge in [0.1, 0.15) is 0 Å². The Hall–Kier alpha value is -0.120. The Kier molecular flexibility index (Phi) is 3.83. The Labute approximate surface area is 68.0 Å². The van der Waals surface area contributed by atoms with Gasteiger partial charge < -0.3 is 9.64 Å². The standard InChI is InChI=1S/C8H16NO2/c1-11-7-6-9-4-2-8(10)3-5-9/h8H,2-7H2,1H3. The van der Waals surface area contributed by atoms with Crippen molar-refractivity contribution in [3.05, 3.63) is 0 Å². The predicted molar refractivity (Wildman–Crippen MR) is 42.0 cm³/mol. The molecule has 0 spiro atoms. The molecule has 0 N–H and O–H groups in total. The molecule has 1 aliphatic rings. The summed E-state index contributed by atoms with van der Waals surface area (Å²) in [4.78, 5) is 2.29. The minimum absolute atomic E-state index is 0.311. The quantitative estimate of drug-likeness (QED) is 0.600. The van der Waals surface area contributed by atoms with E-state index in [1.807, 2.05) is 0 Å². The van der Waals surface area contributed by atoms with Crippen molar-refractivity contribution in [2.75, 3.05) is 33.4 Å². The van der Waals surface area contributed by atoms with Crippen LogP contribution in [0.3, 0.4) is 0 Å². The SMILES string of the molecule is COCCN1CCC([O])CC1. The Morgan fingerprint density at radius 3 is 2.64 bits per heavy atom. The van der Waals surface area contributed by atoms with Crippen molar-refractivity contribution in [3.8, 4) is 0 Å². The molecule has 0 atom stereocenters. The zero-order valence-corrected chi connectivity index (χ0v) is 7.08. The van der Waals surface area contributed by atoms with Gasteiger partial charge in [-0.3, -0.25) is 0 Å². The molecule has 1 fully saturated rings. The molecule has 0 amide bonds. The molecule has 0 aromatic carbocycles. The summed E-state index contributed by atoms with van der Waals surface area (Å²) in [5.74, 6) is 0. The second-order valence-corrected chi connectivity index (χ2v) is 3.03. The van der Waals surface area contributed by atoms with Gasteiger partial charge in [-0.15, -0.1) is 0 Å². The van der Waals surface area contributed by atoms with Crippen LogP contribution >= 0.6 is 0 Å². The van der Waals surface area contributed by atoms with Crippen molar-refractivity contribution in [2.24, 2.45) is 0 Å². The van der Waals surface area contributed by atoms with E-state index in [0.717, 1.165) is 39.1 Å². The lowest BCUT2D eigenvalue weighted by molar-refractivity contribution is 0.0212. The van der Waals surface area contributed by atoms with E-state index in [4.69, 9.17) is 4.74 Å². The van der Waals surface area contributed by atoms with Crippen LogP contribution in [0.4, 0.5) is 0 Å². The monoisotopic (exact) mass is 158 g/mol. The molecule has 0 aromatic heterocycles. The number of hydrogen-bond acceptors (Lipinski definition) is 2. The van der Waals surface area contributed by atoms with Crippen LogP contribution in [0.1, 0.15) is 12.8 Å². The van der Waals surface area contributed by atoms with Crippen molar-refractivity contribution >= 4 is 0 Å². The summed E-state index contributed by atoms with van der Waals surface area (Å²) < 4.78 is 4.95. The molecule has 1 saturated heterocycles. The van der Waals surface area contributed by atoms with Crippen LogP contribution in [0, 0.1) is 0 Å². The van der Waals surface area contributed by atoms with Crippen LogP contribution in [-0.2, 0) is 9.84 Å². The summed E-state index contributed by atoms with van der Waals surface area (Å²) in [6.45, 7) is 3.67. The molecule has 0 unspecified atom stereocenters. The van der Waals surface area contributed by atoms with Gasteiger partial charge in [0.25, 0.3) is 0 Å². The lowest BCUT2D eigenvalue weighted by atomic mass is 10.1. The van der Waals surface area contributed by atoms with Crippen LogP contribution < -0.4 is 0 Å². The van der Waals surface area contributed by atoms with Crippen LogP contribution in [0.5, 0.6) is 0 Å². The third-order valence-corrected chi connectivity index (χ3v) is 2.15. The molecule has 3 heteroatoms. The maximum Gasteiger partial charge on any atom is 0.0954 e. The van der Waals surface area contributed by atoms with Crippen LogP contribution in [0.2, 0.25) is 0 Å². The second kappa shape index (κ2) is 4.70. The van der Waals surface area contributed by atoms with Gasteiger partial charge in [0.2, 0.25) is 0 Å². The van der Waals surface area contributed by atoms with E-state index >= 15 is 0 Å². The molecular weight excluding hydrogens is 142 g/mol. The number of piperidine rings is 1. The zero-order chi connectivity index (χ0) is 8.10. The Morgan fingerprint density at radius 2 is 2.09 bits per heavy atom. The minimum Gasteiger partial charge on any atom is -0.383 e. The summed E-state index contributed by atoms with van der Waals surface area (Å²) in [7, 11) is 1.71. The van der Waals surface area contributed by atoms with Gasteiger partial charge in [-0.1, -0.05) is 0 Å². The Balaban J connectivity index is 2.07. The zero-order valence-electron chi connectivity index (χ0n) is 7.08. The largest absolute Gasteiger partial charge is 0.383 e. The fourth-order valence-corrected chi connectivity index (χ4v) is 1.35. The molecular formula is C8H16NO2. The summed E-state index contributed by atoms with van der Waals surface area (Å²) >= 11 is 0. The smallest absolute Gasteiger partial charge is 0.0954 e. The molecule has 1 rings (SSSR count).